The molecule has 0 radical (unpaired) electrons. The minimum atomic E-state index is -0.439. The molecule has 1 amide bonds. The summed E-state index contributed by atoms with van der Waals surface area (Å²) < 4.78 is 11.0. The van der Waals surface area contributed by atoms with Crippen LogP contribution in [0.25, 0.3) is 22.4 Å². The fourth-order valence-electron chi connectivity index (χ4n) is 2.47. The van der Waals surface area contributed by atoms with Gasteiger partial charge in [-0.25, -0.2) is 9.78 Å². The van der Waals surface area contributed by atoms with Crippen molar-refractivity contribution in [2.75, 3.05) is 5.32 Å². The lowest BCUT2D eigenvalue weighted by Crippen LogP contribution is -2.10. The number of para-hydroxylation sites is 1. The normalized spacial score (nSPS) is 10.8. The molecule has 0 fully saturated rings. The second-order valence-electron chi connectivity index (χ2n) is 5.46. The van der Waals surface area contributed by atoms with Crippen LogP contribution in [0.1, 0.15) is 10.6 Å². The van der Waals surface area contributed by atoms with Crippen LogP contribution in [0.4, 0.5) is 5.69 Å². The number of nitrogens with one attached hydrogen (secondary N) is 1. The zero-order chi connectivity index (χ0) is 18.1. The van der Waals surface area contributed by atoms with E-state index in [-0.39, 0.29) is 17.6 Å². The van der Waals surface area contributed by atoms with Gasteiger partial charge in [0.25, 0.3) is 5.91 Å². The molecule has 1 N–H and O–H groups in total. The highest BCUT2D eigenvalue weighted by atomic mass is 79.9. The van der Waals surface area contributed by atoms with E-state index < -0.39 is 5.63 Å². The molecule has 0 atom stereocenters. The standard InChI is InChI=1S/C19H11BrN2O4/c20-16-10-9-15(25-16)17(23)21-12-7-5-11(6-8-12)18-22-14-4-2-1-3-13(14)19(24)26-18/h1-10H,(H,21,23). The zero-order valence-electron chi connectivity index (χ0n) is 13.2. The molecule has 0 unspecified atom stereocenters. The molecule has 6 nitrogen and oxygen atoms in total. The third kappa shape index (κ3) is 3.16. The van der Waals surface area contributed by atoms with E-state index in [2.05, 4.69) is 26.2 Å². The van der Waals surface area contributed by atoms with Gasteiger partial charge in [-0.3, -0.25) is 4.79 Å². The summed E-state index contributed by atoms with van der Waals surface area (Å²) in [4.78, 5) is 28.5. The molecule has 7 heteroatoms. The monoisotopic (exact) mass is 410 g/mol. The van der Waals surface area contributed by atoms with Crippen LogP contribution in [-0.4, -0.2) is 10.9 Å². The Morgan fingerprint density at radius 2 is 1.73 bits per heavy atom. The molecule has 0 aliphatic heterocycles. The number of nitrogens with zero attached hydrogens (tertiary/aromatic N) is 1. The molecule has 26 heavy (non-hydrogen) atoms. The van der Waals surface area contributed by atoms with Gasteiger partial charge < -0.3 is 14.2 Å². The lowest BCUT2D eigenvalue weighted by atomic mass is 10.2. The van der Waals surface area contributed by atoms with Crippen molar-refractivity contribution in [1.82, 2.24) is 4.98 Å². The molecule has 4 aromatic rings. The summed E-state index contributed by atoms with van der Waals surface area (Å²) >= 11 is 3.15. The van der Waals surface area contributed by atoms with Crippen molar-refractivity contribution in [3.8, 4) is 11.5 Å². The Labute approximate surface area is 155 Å². The Balaban J connectivity index is 1.60. The first kappa shape index (κ1) is 16.3. The van der Waals surface area contributed by atoms with Crippen LogP contribution < -0.4 is 10.9 Å². The Morgan fingerprint density at radius 1 is 0.962 bits per heavy atom. The first-order valence-corrected chi connectivity index (χ1v) is 8.46. The van der Waals surface area contributed by atoms with Gasteiger partial charge in [0.15, 0.2) is 10.4 Å². The lowest BCUT2D eigenvalue weighted by molar-refractivity contribution is 0.0995. The third-order valence-corrected chi connectivity index (χ3v) is 4.15. The van der Waals surface area contributed by atoms with Crippen LogP contribution in [0.2, 0.25) is 0 Å². The summed E-state index contributed by atoms with van der Waals surface area (Å²) in [7, 11) is 0. The average Bonchev–Trinajstić information content (AvgIpc) is 3.09. The van der Waals surface area contributed by atoms with Gasteiger partial charge >= 0.3 is 5.63 Å². The van der Waals surface area contributed by atoms with E-state index in [9.17, 15) is 9.59 Å². The van der Waals surface area contributed by atoms with Gasteiger partial charge in [0.2, 0.25) is 5.89 Å². The SMILES string of the molecule is O=C(Nc1ccc(-c2nc3ccccc3c(=O)o2)cc1)c1ccc(Br)o1. The summed E-state index contributed by atoms with van der Waals surface area (Å²) in [6.07, 6.45) is 0. The van der Waals surface area contributed by atoms with Crippen LogP contribution in [0.15, 0.2) is 79.0 Å². The molecule has 0 saturated heterocycles. The van der Waals surface area contributed by atoms with Gasteiger partial charge in [0.05, 0.1) is 10.9 Å². The van der Waals surface area contributed by atoms with E-state index in [4.69, 9.17) is 8.83 Å². The predicted octanol–water partition coefficient (Wildman–Crippen LogP) is 4.46. The summed E-state index contributed by atoms with van der Waals surface area (Å²) in [5.74, 6) is 0.0588. The maximum absolute atomic E-state index is 12.1. The molecular weight excluding hydrogens is 400 g/mol. The summed E-state index contributed by atoms with van der Waals surface area (Å²) in [5.41, 5.74) is 1.34. The number of fused-ring (bicyclic) bond motifs is 1. The van der Waals surface area contributed by atoms with Crippen molar-refractivity contribution >= 4 is 38.4 Å². The minimum absolute atomic E-state index is 0.197. The zero-order valence-corrected chi connectivity index (χ0v) is 14.8. The molecule has 128 valence electrons. The number of furan rings is 1. The summed E-state index contributed by atoms with van der Waals surface area (Å²) in [6, 6.07) is 17.0. The van der Waals surface area contributed by atoms with E-state index in [1.807, 2.05) is 6.07 Å². The van der Waals surface area contributed by atoms with Gasteiger partial charge in [-0.05, 0) is 64.5 Å². The summed E-state index contributed by atoms with van der Waals surface area (Å²) in [5, 5.41) is 3.16. The number of benzene rings is 2. The van der Waals surface area contributed by atoms with Crippen molar-refractivity contribution in [3.05, 3.63) is 81.5 Å². The van der Waals surface area contributed by atoms with E-state index >= 15 is 0 Å². The maximum atomic E-state index is 12.1. The van der Waals surface area contributed by atoms with Crippen LogP contribution >= 0.6 is 15.9 Å². The Kier molecular flexibility index (Phi) is 4.14. The van der Waals surface area contributed by atoms with Crippen LogP contribution in [0.3, 0.4) is 0 Å². The fraction of sp³-hybridized carbons (Fsp3) is 0. The molecule has 2 heterocycles. The summed E-state index contributed by atoms with van der Waals surface area (Å²) in [6.45, 7) is 0. The van der Waals surface area contributed by atoms with Crippen molar-refractivity contribution in [2.24, 2.45) is 0 Å². The number of amides is 1. The first-order valence-electron chi connectivity index (χ1n) is 7.67. The average molecular weight is 411 g/mol. The Bertz CT molecular complexity index is 1160. The first-order chi connectivity index (χ1) is 12.6. The van der Waals surface area contributed by atoms with Crippen LogP contribution in [0, 0.1) is 0 Å². The molecule has 2 aromatic carbocycles. The van der Waals surface area contributed by atoms with Crippen molar-refractivity contribution < 1.29 is 13.6 Å². The largest absolute Gasteiger partial charge is 0.444 e. The van der Waals surface area contributed by atoms with Gasteiger partial charge in [-0.2, -0.15) is 0 Å². The van der Waals surface area contributed by atoms with Crippen LogP contribution in [0.5, 0.6) is 0 Å². The van der Waals surface area contributed by atoms with E-state index in [1.165, 1.54) is 0 Å². The van der Waals surface area contributed by atoms with Crippen LogP contribution in [-0.2, 0) is 0 Å². The van der Waals surface area contributed by atoms with Gasteiger partial charge in [0.1, 0.15) is 0 Å². The van der Waals surface area contributed by atoms with Gasteiger partial charge in [-0.15, -0.1) is 0 Å². The molecule has 0 saturated carbocycles. The number of carbonyl (C=O) groups excluding carboxylic acids is 1. The number of hydrogen-bond acceptors (Lipinski definition) is 5. The number of anilines is 1. The molecule has 0 bridgehead atoms. The van der Waals surface area contributed by atoms with Gasteiger partial charge in [-0.1, -0.05) is 12.1 Å². The topological polar surface area (TPSA) is 85.3 Å². The number of carbonyl (C=O) groups is 1. The van der Waals surface area contributed by atoms with Crippen molar-refractivity contribution in [3.63, 3.8) is 0 Å². The number of hydrogen-bond donors (Lipinski definition) is 1. The molecule has 0 spiro atoms. The smallest absolute Gasteiger partial charge is 0.347 e. The van der Waals surface area contributed by atoms with E-state index in [1.54, 1.807) is 54.6 Å². The Hall–Kier alpha value is -3.19. The van der Waals surface area contributed by atoms with Gasteiger partial charge in [0, 0.05) is 11.3 Å². The number of aromatic nitrogens is 1. The molecular formula is C19H11BrN2O4. The van der Waals surface area contributed by atoms with Crippen molar-refractivity contribution in [1.29, 1.82) is 0 Å². The quantitative estimate of drug-likeness (QED) is 0.538. The van der Waals surface area contributed by atoms with E-state index in [0.717, 1.165) is 0 Å². The highest BCUT2D eigenvalue weighted by Crippen LogP contribution is 2.21. The maximum Gasteiger partial charge on any atom is 0.347 e. The molecule has 2 aromatic heterocycles. The fourth-order valence-corrected chi connectivity index (χ4v) is 2.77. The lowest BCUT2D eigenvalue weighted by Gasteiger charge is -2.05. The highest BCUT2D eigenvalue weighted by molar-refractivity contribution is 9.10. The third-order valence-electron chi connectivity index (χ3n) is 3.72. The second kappa shape index (κ2) is 6.61. The number of rotatable bonds is 3. The highest BCUT2D eigenvalue weighted by Gasteiger charge is 2.12. The second-order valence-corrected chi connectivity index (χ2v) is 6.24. The predicted molar refractivity (Wildman–Crippen MR) is 100 cm³/mol. The van der Waals surface area contributed by atoms with E-state index in [0.29, 0.717) is 26.8 Å². The number of halogens is 1. The molecule has 0 aliphatic carbocycles. The minimum Gasteiger partial charge on any atom is -0.444 e. The Morgan fingerprint density at radius 3 is 2.46 bits per heavy atom. The molecule has 0 aliphatic rings. The molecule has 4 rings (SSSR count). The van der Waals surface area contributed by atoms with Crippen molar-refractivity contribution in [2.45, 2.75) is 0 Å².